The monoisotopic (exact) mass is 566 g/mol. The van der Waals surface area contributed by atoms with E-state index in [1.54, 1.807) is 0 Å². The van der Waals surface area contributed by atoms with Gasteiger partial charge >= 0.3 is 0 Å². The molecule has 0 saturated heterocycles. The third kappa shape index (κ3) is 13.5. The van der Waals surface area contributed by atoms with Gasteiger partial charge in [-0.25, -0.2) is 4.58 Å². The lowest BCUT2D eigenvalue weighted by Crippen LogP contribution is -3.06. The molecule has 38 heavy (non-hydrogen) atoms. The van der Waals surface area contributed by atoms with Gasteiger partial charge in [-0.15, -0.1) is 0 Å². The van der Waals surface area contributed by atoms with Crippen LogP contribution < -0.4 is 26.7 Å². The molecule has 0 atom stereocenters. The van der Waals surface area contributed by atoms with Crippen LogP contribution in [0.3, 0.4) is 0 Å². The average Bonchev–Trinajstić information content (AvgIpc) is 2.95. The normalized spacial score (nSPS) is 11.8. The van der Waals surface area contributed by atoms with Crippen LogP contribution in [0.1, 0.15) is 41.5 Å². The number of hydrogen-bond acceptors (Lipinski definition) is 0. The fraction of sp³-hybridized carbons (Fsp3) is 0.400. The highest BCUT2D eigenvalue weighted by atomic mass is 36.5. The molecular formula is C30H52Cl2N6+6. The molecule has 3 rings (SSSR count). The van der Waals surface area contributed by atoms with E-state index in [2.05, 4.69) is 140 Å². The lowest BCUT2D eigenvalue weighted by Gasteiger charge is -2.13. The summed E-state index contributed by atoms with van der Waals surface area (Å²) >= 11 is 0. The Morgan fingerprint density at radius 2 is 0.921 bits per heavy atom. The van der Waals surface area contributed by atoms with Gasteiger partial charge in [0.1, 0.15) is 35.8 Å². The van der Waals surface area contributed by atoms with E-state index >= 15 is 0 Å². The molecule has 210 valence electrons. The van der Waals surface area contributed by atoms with Crippen molar-refractivity contribution in [3.8, 4) is 0 Å². The highest BCUT2D eigenvalue weighted by Crippen LogP contribution is 2.05. The predicted molar refractivity (Wildman–Crippen MR) is 165 cm³/mol. The average molecular weight is 568 g/mol. The van der Waals surface area contributed by atoms with Gasteiger partial charge in [-0.1, -0.05) is 0 Å². The van der Waals surface area contributed by atoms with Gasteiger partial charge in [0.15, 0.2) is 11.4 Å². The van der Waals surface area contributed by atoms with Crippen molar-refractivity contribution in [2.75, 3.05) is 39.3 Å². The molecular weight excluding hydrogens is 515 g/mol. The Kier molecular flexibility index (Phi) is 20.3. The summed E-state index contributed by atoms with van der Waals surface area (Å²) in [6.07, 6.45) is 7.99. The van der Waals surface area contributed by atoms with Gasteiger partial charge in [0.05, 0.1) is 26.2 Å². The first-order chi connectivity index (χ1) is 18.3. The van der Waals surface area contributed by atoms with Crippen LogP contribution in [0.4, 0.5) is 22.7 Å². The fourth-order valence-corrected chi connectivity index (χ4v) is 4.07. The Labute approximate surface area is 240 Å². The highest BCUT2D eigenvalue weighted by molar-refractivity contribution is 6.85. The van der Waals surface area contributed by atoms with Crippen molar-refractivity contribution >= 4 is 55.9 Å². The van der Waals surface area contributed by atoms with Crippen molar-refractivity contribution in [1.29, 1.82) is 0 Å². The van der Waals surface area contributed by atoms with Crippen LogP contribution in [-0.4, -0.2) is 55.3 Å². The van der Waals surface area contributed by atoms with Gasteiger partial charge in [0.25, 0.3) is 0 Å². The van der Waals surface area contributed by atoms with Crippen LogP contribution in [0.15, 0.2) is 72.8 Å². The predicted octanol–water partition coefficient (Wildman–Crippen LogP) is 1.42. The molecule has 0 spiro atoms. The smallest absolute Gasteiger partial charge is 0.200 e. The lowest BCUT2D eigenvalue weighted by atomic mass is 10.1. The zero-order chi connectivity index (χ0) is 28.9. The van der Waals surface area contributed by atoms with Crippen LogP contribution in [0.5, 0.6) is 0 Å². The van der Waals surface area contributed by atoms with Crippen molar-refractivity contribution in [2.45, 2.75) is 41.5 Å². The molecule has 8 heteroatoms. The van der Waals surface area contributed by atoms with Gasteiger partial charge < -0.3 is 21.3 Å². The summed E-state index contributed by atoms with van der Waals surface area (Å²) < 4.78 is 2.29. The van der Waals surface area contributed by atoms with Crippen molar-refractivity contribution < 1.29 is 31.3 Å². The Morgan fingerprint density at radius 1 is 0.605 bits per heavy atom. The van der Waals surface area contributed by atoms with E-state index < -0.39 is 0 Å². The minimum absolute atomic E-state index is 0.825. The number of halogens is 2. The zero-order valence-corrected chi connectivity index (χ0v) is 25.9. The maximum atomic E-state index is 5.59. The maximum absolute atomic E-state index is 5.59. The Hall–Kier alpha value is -2.32. The second-order valence-electron chi connectivity index (χ2n) is 8.78. The number of rotatable bonds is 8. The first-order valence-corrected chi connectivity index (χ1v) is 14.8. The molecule has 1 aliphatic carbocycles. The van der Waals surface area contributed by atoms with E-state index in [1.807, 2.05) is 12.2 Å². The first kappa shape index (κ1) is 35.7. The summed E-state index contributed by atoms with van der Waals surface area (Å²) in [5, 5.41) is 5.59. The van der Waals surface area contributed by atoms with Crippen LogP contribution in [0.2, 0.25) is 0 Å². The molecule has 6 nitrogen and oxygen atoms in total. The van der Waals surface area contributed by atoms with Crippen molar-refractivity contribution in [1.82, 2.24) is 0 Å². The summed E-state index contributed by atoms with van der Waals surface area (Å²) in [4.78, 5) is 3.05. The number of allylic oxidation sites excluding steroid dienone is 4. The molecule has 0 bridgehead atoms. The first-order valence-electron chi connectivity index (χ1n) is 13.6. The second kappa shape index (κ2) is 21.6. The molecule has 0 aliphatic heterocycles. The largest absolute Gasteiger partial charge is 0.325 e. The summed E-state index contributed by atoms with van der Waals surface area (Å²) in [5.41, 5.74) is 14.7. The Bertz CT molecular complexity index is 913. The molecule has 0 radical (unpaired) electrons. The summed E-state index contributed by atoms with van der Waals surface area (Å²) in [5.74, 6) is 0. The quantitative estimate of drug-likeness (QED) is 0.236. The minimum atomic E-state index is 0.825. The van der Waals surface area contributed by atoms with E-state index in [0.717, 1.165) is 56.4 Å². The topological polar surface area (TPSA) is 92.8 Å². The Balaban J connectivity index is 0.000000523. The fourth-order valence-electron chi connectivity index (χ4n) is 4.07. The van der Waals surface area contributed by atoms with Gasteiger partial charge in [-0.05, 0) is 41.5 Å². The van der Waals surface area contributed by atoms with E-state index in [1.165, 1.54) is 26.9 Å². The third-order valence-corrected chi connectivity index (χ3v) is 6.45. The Morgan fingerprint density at radius 3 is 1.18 bits per heavy atom. The van der Waals surface area contributed by atoms with Crippen LogP contribution in [0.25, 0.3) is 0 Å². The molecule has 2 aromatic carbocycles. The van der Waals surface area contributed by atoms with E-state index in [9.17, 15) is 0 Å². The number of nitrogens with one attached hydrogen (secondary N) is 2. The number of hydrogen-bond donors (Lipinski definition) is 5. The van der Waals surface area contributed by atoms with E-state index in [4.69, 9.17) is 5.41 Å². The molecule has 0 fully saturated rings. The van der Waals surface area contributed by atoms with Crippen molar-refractivity contribution in [2.24, 2.45) is 0 Å². The van der Waals surface area contributed by atoms with Crippen LogP contribution >= 0.6 is 21.7 Å². The molecule has 10 N–H and O–H groups in total. The van der Waals surface area contributed by atoms with Gasteiger partial charge in [-0.3, -0.25) is 5.41 Å². The summed E-state index contributed by atoms with van der Waals surface area (Å²) in [6.45, 7) is 19.8. The summed E-state index contributed by atoms with van der Waals surface area (Å²) in [7, 11) is 8.22. The van der Waals surface area contributed by atoms with E-state index in [-0.39, 0.29) is 0 Å². The molecule has 0 unspecified atom stereocenters. The molecule has 0 aromatic heterocycles. The van der Waals surface area contributed by atoms with Crippen LogP contribution in [0, 0.1) is 0 Å². The number of nitrogens with zero attached hydrogens (tertiary/aromatic N) is 1. The molecule has 0 heterocycles. The van der Waals surface area contributed by atoms with Crippen LogP contribution in [-0.2, 0) is 0 Å². The zero-order valence-electron chi connectivity index (χ0n) is 24.4. The standard InChI is InChI=1S/2C10H16N2.C10H15N2.Cl2/c3*1-3-12(4-2)10-7-5-9(11)6-8-10;1-2/h2*5-8H,3-4,11H2,1-2H3;5-8,11H,3-4H2,1-2H3;/q;;+1;/p+5. The number of quaternary nitrogens is 4. The summed E-state index contributed by atoms with van der Waals surface area (Å²) in [6, 6.07) is 16.9. The SMILES string of the molecule is CC[N+](CC)=C1C=CC(=[NH2+])C=C1.CC[NH+](CC)c1ccc([NH3+])cc1.CC[NH+](CC)c1ccc([NH3+])cc1.ClCl. The minimum Gasteiger partial charge on any atom is -0.325 e. The highest BCUT2D eigenvalue weighted by Gasteiger charge is 2.09. The molecule has 2 aromatic rings. The lowest BCUT2D eigenvalue weighted by molar-refractivity contribution is -0.828. The number of benzene rings is 2. The maximum Gasteiger partial charge on any atom is 0.200 e. The third-order valence-electron chi connectivity index (χ3n) is 6.45. The molecule has 0 amide bonds. The molecule has 1 aliphatic rings. The molecule has 0 saturated carbocycles. The van der Waals surface area contributed by atoms with Crippen molar-refractivity contribution in [3.63, 3.8) is 0 Å². The number of nitrogens with two attached hydrogens (primary N) is 1. The van der Waals surface area contributed by atoms with Gasteiger partial charge in [0.2, 0.25) is 0 Å². The van der Waals surface area contributed by atoms with Crippen molar-refractivity contribution in [3.05, 3.63) is 72.8 Å². The van der Waals surface area contributed by atoms with Gasteiger partial charge in [-0.2, -0.15) is 0 Å². The van der Waals surface area contributed by atoms with Gasteiger partial charge in [0, 0.05) is 94.5 Å². The second-order valence-corrected chi connectivity index (χ2v) is 8.78. The van der Waals surface area contributed by atoms with E-state index in [0.29, 0.717) is 0 Å².